The molecule has 0 saturated heterocycles. The van der Waals surface area contributed by atoms with E-state index in [1.54, 1.807) is 6.92 Å². The number of halogens is 1. The topological polar surface area (TPSA) is 0 Å². The Morgan fingerprint density at radius 1 is 1.24 bits per heavy atom. The van der Waals surface area contributed by atoms with Crippen molar-refractivity contribution in [2.45, 2.75) is 71.9 Å². The molecule has 0 N–H and O–H groups in total. The van der Waals surface area contributed by atoms with Gasteiger partial charge in [-0.05, 0) is 62.7 Å². The molecule has 2 fully saturated rings. The van der Waals surface area contributed by atoms with E-state index in [0.29, 0.717) is 10.8 Å². The fraction of sp³-hybridized carbons (Fsp3) is 0.875. The number of hydrogen-bond acceptors (Lipinski definition) is 0. The highest BCUT2D eigenvalue weighted by Gasteiger charge is 2.72. The maximum atomic E-state index is 14.0. The fourth-order valence-corrected chi connectivity index (χ4v) is 4.53. The molecule has 2 rings (SSSR count). The summed E-state index contributed by atoms with van der Waals surface area (Å²) in [4.78, 5) is 0. The minimum atomic E-state index is -0.916. The molecule has 0 amide bonds. The van der Waals surface area contributed by atoms with Crippen molar-refractivity contribution >= 4 is 0 Å². The number of allylic oxidation sites excluding steroid dienone is 1. The Labute approximate surface area is 106 Å². The first-order valence-corrected chi connectivity index (χ1v) is 7.15. The Balaban J connectivity index is 2.18. The third kappa shape index (κ3) is 1.69. The second-order valence-electron chi connectivity index (χ2n) is 6.89. The van der Waals surface area contributed by atoms with Crippen LogP contribution in [-0.2, 0) is 0 Å². The van der Waals surface area contributed by atoms with Gasteiger partial charge in [0, 0.05) is 0 Å². The lowest BCUT2D eigenvalue weighted by molar-refractivity contribution is 0.0806. The van der Waals surface area contributed by atoms with Crippen LogP contribution in [0.5, 0.6) is 0 Å². The van der Waals surface area contributed by atoms with E-state index in [2.05, 4.69) is 27.4 Å². The van der Waals surface area contributed by atoms with E-state index in [9.17, 15) is 4.39 Å². The molecule has 0 bridgehead atoms. The van der Waals surface area contributed by atoms with Crippen molar-refractivity contribution in [2.75, 3.05) is 0 Å². The highest BCUT2D eigenvalue weighted by atomic mass is 19.1. The Morgan fingerprint density at radius 2 is 1.76 bits per heavy atom. The zero-order valence-electron chi connectivity index (χ0n) is 11.9. The predicted molar refractivity (Wildman–Crippen MR) is 71.7 cm³/mol. The highest BCUT2D eigenvalue weighted by Crippen LogP contribution is 2.79. The van der Waals surface area contributed by atoms with Crippen LogP contribution in [0.2, 0.25) is 0 Å². The molecule has 2 aliphatic carbocycles. The summed E-state index contributed by atoms with van der Waals surface area (Å²) < 4.78 is 14.0. The van der Waals surface area contributed by atoms with Crippen molar-refractivity contribution in [2.24, 2.45) is 16.7 Å². The summed E-state index contributed by atoms with van der Waals surface area (Å²) in [6, 6.07) is 0. The van der Waals surface area contributed by atoms with Crippen molar-refractivity contribution in [1.82, 2.24) is 0 Å². The number of hydrogen-bond donors (Lipinski definition) is 0. The number of rotatable bonds is 3. The van der Waals surface area contributed by atoms with Crippen LogP contribution in [0.25, 0.3) is 0 Å². The van der Waals surface area contributed by atoms with Gasteiger partial charge in [-0.25, -0.2) is 4.39 Å². The van der Waals surface area contributed by atoms with E-state index in [0.717, 1.165) is 31.6 Å². The van der Waals surface area contributed by atoms with Crippen LogP contribution >= 0.6 is 0 Å². The third-order valence-electron chi connectivity index (χ3n) is 5.96. The lowest BCUT2D eigenvalue weighted by atomic mass is 9.73. The maximum Gasteiger partial charge on any atom is 0.108 e. The summed E-state index contributed by atoms with van der Waals surface area (Å²) in [5.41, 5.74) is 1.08. The van der Waals surface area contributed by atoms with E-state index in [1.165, 1.54) is 18.4 Å². The number of alkyl halides is 1. The molecule has 2 unspecified atom stereocenters. The van der Waals surface area contributed by atoms with Crippen molar-refractivity contribution in [3.05, 3.63) is 12.2 Å². The summed E-state index contributed by atoms with van der Waals surface area (Å²) in [5, 5.41) is 0. The molecule has 98 valence electrons. The first kappa shape index (κ1) is 13.1. The Morgan fingerprint density at radius 3 is 2.18 bits per heavy atom. The van der Waals surface area contributed by atoms with E-state index in [1.807, 2.05) is 0 Å². The van der Waals surface area contributed by atoms with Gasteiger partial charge in [-0.2, -0.15) is 0 Å². The molecular weight excluding hydrogens is 211 g/mol. The van der Waals surface area contributed by atoms with Gasteiger partial charge in [-0.1, -0.05) is 32.4 Å². The molecule has 1 spiro atoms. The molecular formula is C16H27F. The molecule has 2 aliphatic rings. The molecule has 1 heteroatoms. The standard InChI is InChI=1S/C16H27F/c1-6-7-13-15(5,12(2)3)16(13)10-8-14(4,17)9-11-16/h13H,2,6-11H2,1,3-5H3. The zero-order chi connectivity index (χ0) is 12.9. The van der Waals surface area contributed by atoms with Gasteiger partial charge in [0.2, 0.25) is 0 Å². The molecule has 0 nitrogen and oxygen atoms in total. The van der Waals surface area contributed by atoms with Crippen LogP contribution in [0.1, 0.15) is 66.2 Å². The molecule has 0 aromatic rings. The van der Waals surface area contributed by atoms with Gasteiger partial charge < -0.3 is 0 Å². The molecule has 0 radical (unpaired) electrons. The highest BCUT2D eigenvalue weighted by molar-refractivity contribution is 5.32. The van der Waals surface area contributed by atoms with Crippen molar-refractivity contribution in [3.63, 3.8) is 0 Å². The molecule has 2 atom stereocenters. The normalized spacial score (nSPS) is 49.4. The van der Waals surface area contributed by atoms with Crippen LogP contribution in [0.15, 0.2) is 12.2 Å². The summed E-state index contributed by atoms with van der Waals surface area (Å²) >= 11 is 0. The zero-order valence-corrected chi connectivity index (χ0v) is 11.9. The van der Waals surface area contributed by atoms with Crippen molar-refractivity contribution in [1.29, 1.82) is 0 Å². The van der Waals surface area contributed by atoms with E-state index < -0.39 is 5.67 Å². The second-order valence-corrected chi connectivity index (χ2v) is 6.89. The summed E-state index contributed by atoms with van der Waals surface area (Å²) in [7, 11) is 0. The predicted octanol–water partition coefficient (Wildman–Crippen LogP) is 5.29. The lowest BCUT2D eigenvalue weighted by Gasteiger charge is -2.34. The molecule has 0 aliphatic heterocycles. The average Bonchev–Trinajstić information content (AvgIpc) is 2.75. The third-order valence-corrected chi connectivity index (χ3v) is 5.96. The summed E-state index contributed by atoms with van der Waals surface area (Å²) in [5.74, 6) is 0.758. The molecule has 0 heterocycles. The molecule has 0 aromatic carbocycles. The van der Waals surface area contributed by atoms with Gasteiger partial charge in [0.25, 0.3) is 0 Å². The largest absolute Gasteiger partial charge is 0.244 e. The fourth-order valence-electron chi connectivity index (χ4n) is 4.53. The van der Waals surface area contributed by atoms with Gasteiger partial charge >= 0.3 is 0 Å². The van der Waals surface area contributed by atoms with Crippen LogP contribution in [0.4, 0.5) is 4.39 Å². The van der Waals surface area contributed by atoms with E-state index in [-0.39, 0.29) is 0 Å². The Hall–Kier alpha value is -0.330. The van der Waals surface area contributed by atoms with Crippen LogP contribution in [-0.4, -0.2) is 5.67 Å². The summed E-state index contributed by atoms with van der Waals surface area (Å²) in [6.07, 6.45) is 6.14. The van der Waals surface area contributed by atoms with E-state index >= 15 is 0 Å². The van der Waals surface area contributed by atoms with Crippen LogP contribution in [0.3, 0.4) is 0 Å². The van der Waals surface area contributed by atoms with Crippen molar-refractivity contribution in [3.8, 4) is 0 Å². The van der Waals surface area contributed by atoms with Gasteiger partial charge in [0.15, 0.2) is 0 Å². The smallest absolute Gasteiger partial charge is 0.108 e. The SMILES string of the molecule is C=C(C)C1(C)C(CCC)C12CCC(C)(F)CC2. The second kappa shape index (κ2) is 3.83. The van der Waals surface area contributed by atoms with Gasteiger partial charge in [0.1, 0.15) is 5.67 Å². The van der Waals surface area contributed by atoms with Crippen LogP contribution in [0, 0.1) is 16.7 Å². The minimum Gasteiger partial charge on any atom is -0.244 e. The Bertz CT molecular complexity index is 318. The van der Waals surface area contributed by atoms with Crippen LogP contribution < -0.4 is 0 Å². The quantitative estimate of drug-likeness (QED) is 0.586. The maximum absolute atomic E-state index is 14.0. The molecule has 0 aromatic heterocycles. The molecule has 2 saturated carbocycles. The monoisotopic (exact) mass is 238 g/mol. The van der Waals surface area contributed by atoms with E-state index in [4.69, 9.17) is 0 Å². The van der Waals surface area contributed by atoms with Crippen molar-refractivity contribution < 1.29 is 4.39 Å². The first-order valence-electron chi connectivity index (χ1n) is 7.15. The Kier molecular flexibility index (Phi) is 2.95. The summed E-state index contributed by atoms with van der Waals surface area (Å²) in [6.45, 7) is 12.8. The lowest BCUT2D eigenvalue weighted by Crippen LogP contribution is -2.29. The minimum absolute atomic E-state index is 0.291. The van der Waals surface area contributed by atoms with Gasteiger partial charge in [-0.15, -0.1) is 0 Å². The molecule has 17 heavy (non-hydrogen) atoms. The van der Waals surface area contributed by atoms with Gasteiger partial charge in [-0.3, -0.25) is 0 Å². The first-order chi connectivity index (χ1) is 7.80. The van der Waals surface area contributed by atoms with Gasteiger partial charge in [0.05, 0.1) is 0 Å². The average molecular weight is 238 g/mol.